The van der Waals surface area contributed by atoms with Crippen molar-refractivity contribution in [3.63, 3.8) is 0 Å². The molecule has 0 atom stereocenters. The van der Waals surface area contributed by atoms with Crippen LogP contribution in [0.4, 0.5) is 5.69 Å². The SMILES string of the molecule is CCOC(=O)c1ccccc1NC(=O)CSc1nc2sc3c(c2c(=O)n1-c1ccc(C)cc1C)CCCC3. The number of benzene rings is 2. The first-order chi connectivity index (χ1) is 18.4. The molecule has 0 radical (unpaired) electrons. The van der Waals surface area contributed by atoms with E-state index >= 15 is 0 Å². The summed E-state index contributed by atoms with van der Waals surface area (Å²) >= 11 is 2.81. The maximum absolute atomic E-state index is 14.0. The van der Waals surface area contributed by atoms with Crippen LogP contribution in [0.1, 0.15) is 51.7 Å². The molecular formula is C29H29N3O4S2. The maximum atomic E-state index is 14.0. The van der Waals surface area contributed by atoms with Crippen molar-refractivity contribution in [3.05, 3.63) is 79.9 Å². The summed E-state index contributed by atoms with van der Waals surface area (Å²) in [7, 11) is 0. The molecule has 0 saturated carbocycles. The van der Waals surface area contributed by atoms with Crippen LogP contribution in [0.5, 0.6) is 0 Å². The lowest BCUT2D eigenvalue weighted by Gasteiger charge is -2.16. The quantitative estimate of drug-likeness (QED) is 0.177. The minimum atomic E-state index is -0.492. The topological polar surface area (TPSA) is 90.3 Å². The lowest BCUT2D eigenvalue weighted by molar-refractivity contribution is -0.113. The largest absolute Gasteiger partial charge is 0.462 e. The average Bonchev–Trinajstić information content (AvgIpc) is 3.27. The van der Waals surface area contributed by atoms with Crippen molar-refractivity contribution >= 4 is 50.9 Å². The Hall–Kier alpha value is -3.43. The zero-order chi connectivity index (χ0) is 26.8. The number of hydrogen-bond acceptors (Lipinski definition) is 7. The Morgan fingerprint density at radius 3 is 2.71 bits per heavy atom. The summed E-state index contributed by atoms with van der Waals surface area (Å²) in [5, 5.41) is 4.00. The predicted octanol–water partition coefficient (Wildman–Crippen LogP) is 5.85. The number of thioether (sulfide) groups is 1. The number of nitrogens with zero attached hydrogens (tertiary/aromatic N) is 2. The minimum Gasteiger partial charge on any atom is -0.462 e. The molecule has 5 rings (SSSR count). The first kappa shape index (κ1) is 26.2. The van der Waals surface area contributed by atoms with Gasteiger partial charge in [-0.3, -0.25) is 14.2 Å². The van der Waals surface area contributed by atoms with Crippen LogP contribution in [0.2, 0.25) is 0 Å². The lowest BCUT2D eigenvalue weighted by Crippen LogP contribution is -2.24. The molecule has 0 unspecified atom stereocenters. The molecule has 1 N–H and O–H groups in total. The number of amides is 1. The molecule has 0 fully saturated rings. The van der Waals surface area contributed by atoms with Gasteiger partial charge in [0.15, 0.2) is 5.16 Å². The number of hydrogen-bond donors (Lipinski definition) is 1. The van der Waals surface area contributed by atoms with E-state index in [0.29, 0.717) is 21.8 Å². The number of anilines is 1. The zero-order valence-electron chi connectivity index (χ0n) is 21.6. The second-order valence-electron chi connectivity index (χ2n) is 9.32. The Labute approximate surface area is 229 Å². The van der Waals surface area contributed by atoms with E-state index in [4.69, 9.17) is 9.72 Å². The summed E-state index contributed by atoms with van der Waals surface area (Å²) in [5.41, 5.74) is 4.57. The normalized spacial score (nSPS) is 12.8. The number of para-hydroxylation sites is 1. The Morgan fingerprint density at radius 1 is 1.13 bits per heavy atom. The number of ether oxygens (including phenoxy) is 1. The third kappa shape index (κ3) is 5.13. The number of nitrogens with one attached hydrogen (secondary N) is 1. The van der Waals surface area contributed by atoms with E-state index in [1.807, 2.05) is 32.0 Å². The molecule has 0 saturated heterocycles. The first-order valence-electron chi connectivity index (χ1n) is 12.7. The number of aryl methyl sites for hydroxylation is 4. The summed E-state index contributed by atoms with van der Waals surface area (Å²) in [5.74, 6) is -0.780. The highest BCUT2D eigenvalue weighted by Crippen LogP contribution is 2.35. The van der Waals surface area contributed by atoms with E-state index in [9.17, 15) is 14.4 Å². The number of aromatic nitrogens is 2. The number of carbonyl (C=O) groups is 2. The predicted molar refractivity (Wildman–Crippen MR) is 153 cm³/mol. The Bertz CT molecular complexity index is 1610. The van der Waals surface area contributed by atoms with Gasteiger partial charge in [0.05, 0.1) is 34.7 Å². The van der Waals surface area contributed by atoms with Crippen LogP contribution < -0.4 is 10.9 Å². The molecule has 2 aromatic heterocycles. The van der Waals surface area contributed by atoms with Crippen LogP contribution in [0, 0.1) is 13.8 Å². The highest BCUT2D eigenvalue weighted by molar-refractivity contribution is 7.99. The Kier molecular flexibility index (Phi) is 7.67. The molecule has 0 bridgehead atoms. The fourth-order valence-electron chi connectivity index (χ4n) is 4.85. The maximum Gasteiger partial charge on any atom is 0.340 e. The summed E-state index contributed by atoms with van der Waals surface area (Å²) in [6, 6.07) is 12.7. The van der Waals surface area contributed by atoms with Crippen LogP contribution in [0.25, 0.3) is 15.9 Å². The molecule has 0 aliphatic heterocycles. The monoisotopic (exact) mass is 547 g/mol. The number of rotatable bonds is 7. The van der Waals surface area contributed by atoms with Gasteiger partial charge in [0.25, 0.3) is 5.56 Å². The van der Waals surface area contributed by atoms with E-state index in [1.165, 1.54) is 16.6 Å². The van der Waals surface area contributed by atoms with E-state index in [2.05, 4.69) is 5.32 Å². The van der Waals surface area contributed by atoms with Gasteiger partial charge >= 0.3 is 5.97 Å². The highest BCUT2D eigenvalue weighted by atomic mass is 32.2. The third-order valence-electron chi connectivity index (χ3n) is 6.58. The van der Waals surface area contributed by atoms with Crippen LogP contribution in [-0.4, -0.2) is 33.8 Å². The Balaban J connectivity index is 1.50. The minimum absolute atomic E-state index is 0.0190. The van der Waals surface area contributed by atoms with E-state index in [-0.39, 0.29) is 23.8 Å². The standard InChI is InChI=1S/C29H29N3O4S2/c1-4-36-28(35)19-9-5-7-11-21(19)30-24(33)16-37-29-31-26-25(20-10-6-8-12-23(20)38-26)27(34)32(29)22-14-13-17(2)15-18(22)3/h5,7,9,11,13-15H,4,6,8,10,12,16H2,1-3H3,(H,30,33). The average molecular weight is 548 g/mol. The van der Waals surface area contributed by atoms with Crippen LogP contribution in [0.3, 0.4) is 0 Å². The number of thiophene rings is 1. The van der Waals surface area contributed by atoms with Crippen molar-refractivity contribution in [1.82, 2.24) is 9.55 Å². The molecule has 196 valence electrons. The van der Waals surface area contributed by atoms with Crippen LogP contribution in [-0.2, 0) is 22.4 Å². The van der Waals surface area contributed by atoms with Crippen molar-refractivity contribution in [2.75, 3.05) is 17.7 Å². The van der Waals surface area contributed by atoms with Crippen LogP contribution in [0.15, 0.2) is 52.4 Å². The molecule has 2 aromatic carbocycles. The second-order valence-corrected chi connectivity index (χ2v) is 11.3. The molecule has 38 heavy (non-hydrogen) atoms. The van der Waals surface area contributed by atoms with E-state index in [0.717, 1.165) is 52.9 Å². The lowest BCUT2D eigenvalue weighted by atomic mass is 9.97. The van der Waals surface area contributed by atoms with Gasteiger partial charge in [-0.25, -0.2) is 9.78 Å². The van der Waals surface area contributed by atoms with Crippen molar-refractivity contribution < 1.29 is 14.3 Å². The fourth-order valence-corrected chi connectivity index (χ4v) is 6.96. The molecule has 1 amide bonds. The van der Waals surface area contributed by atoms with Crippen LogP contribution >= 0.6 is 23.1 Å². The van der Waals surface area contributed by atoms with Gasteiger partial charge in [-0.2, -0.15) is 0 Å². The molecule has 0 spiro atoms. The molecule has 1 aliphatic rings. The summed E-state index contributed by atoms with van der Waals surface area (Å²) in [6.07, 6.45) is 4.07. The van der Waals surface area contributed by atoms with Gasteiger partial charge in [0, 0.05) is 4.88 Å². The van der Waals surface area contributed by atoms with Gasteiger partial charge in [-0.1, -0.05) is 41.6 Å². The van der Waals surface area contributed by atoms with Crippen molar-refractivity contribution in [1.29, 1.82) is 0 Å². The molecule has 7 nitrogen and oxygen atoms in total. The molecule has 2 heterocycles. The molecule has 1 aliphatic carbocycles. The van der Waals surface area contributed by atoms with Gasteiger partial charge < -0.3 is 10.1 Å². The van der Waals surface area contributed by atoms with Gasteiger partial charge in [-0.05, 0) is 75.8 Å². The second kappa shape index (κ2) is 11.1. The Morgan fingerprint density at radius 2 is 1.92 bits per heavy atom. The van der Waals surface area contributed by atoms with E-state index < -0.39 is 5.97 Å². The highest BCUT2D eigenvalue weighted by Gasteiger charge is 2.24. The summed E-state index contributed by atoms with van der Waals surface area (Å²) < 4.78 is 6.77. The van der Waals surface area contributed by atoms with Gasteiger partial charge in [0.1, 0.15) is 4.83 Å². The smallest absolute Gasteiger partial charge is 0.340 e. The number of esters is 1. The van der Waals surface area contributed by atoms with E-state index in [1.54, 1.807) is 47.1 Å². The molecule has 9 heteroatoms. The van der Waals surface area contributed by atoms with Crippen molar-refractivity contribution in [2.45, 2.75) is 51.6 Å². The number of carbonyl (C=O) groups excluding carboxylic acids is 2. The molecular weight excluding hydrogens is 518 g/mol. The summed E-state index contributed by atoms with van der Waals surface area (Å²) in [6.45, 7) is 5.98. The van der Waals surface area contributed by atoms with Gasteiger partial charge in [0.2, 0.25) is 5.91 Å². The number of fused-ring (bicyclic) bond motifs is 3. The fraction of sp³-hybridized carbons (Fsp3) is 0.310. The van der Waals surface area contributed by atoms with Gasteiger partial charge in [-0.15, -0.1) is 11.3 Å². The third-order valence-corrected chi connectivity index (χ3v) is 8.70. The van der Waals surface area contributed by atoms with Crippen molar-refractivity contribution in [3.8, 4) is 5.69 Å². The van der Waals surface area contributed by atoms with Crippen molar-refractivity contribution in [2.24, 2.45) is 0 Å². The first-order valence-corrected chi connectivity index (χ1v) is 14.5. The zero-order valence-corrected chi connectivity index (χ0v) is 23.3. The summed E-state index contributed by atoms with van der Waals surface area (Å²) in [4.78, 5) is 46.2. The molecule has 4 aromatic rings.